The molecular formula is C21H21F2N3O3. The zero-order valence-corrected chi connectivity index (χ0v) is 16.0. The molecule has 1 atom stereocenters. The van der Waals surface area contributed by atoms with E-state index in [9.17, 15) is 18.4 Å². The Morgan fingerprint density at radius 2 is 1.93 bits per heavy atom. The van der Waals surface area contributed by atoms with E-state index in [2.05, 4.69) is 5.32 Å². The van der Waals surface area contributed by atoms with E-state index in [4.69, 9.17) is 4.74 Å². The Labute approximate surface area is 167 Å². The number of carbonyl (C=O) groups is 2. The van der Waals surface area contributed by atoms with E-state index in [0.29, 0.717) is 36.8 Å². The molecule has 0 aliphatic carbocycles. The van der Waals surface area contributed by atoms with Crippen LogP contribution in [0.15, 0.2) is 36.4 Å². The van der Waals surface area contributed by atoms with Gasteiger partial charge in [0.2, 0.25) is 5.91 Å². The molecule has 0 bridgehead atoms. The molecule has 8 heteroatoms. The van der Waals surface area contributed by atoms with Crippen molar-refractivity contribution >= 4 is 23.3 Å². The van der Waals surface area contributed by atoms with Crippen LogP contribution in [-0.2, 0) is 16.0 Å². The quantitative estimate of drug-likeness (QED) is 0.630. The molecule has 6 nitrogen and oxygen atoms in total. The highest BCUT2D eigenvalue weighted by Crippen LogP contribution is 2.29. The number of hydrogen-bond donors (Lipinski definition) is 1. The summed E-state index contributed by atoms with van der Waals surface area (Å²) in [5, 5.41) is 3.06. The fourth-order valence-electron chi connectivity index (χ4n) is 3.78. The van der Waals surface area contributed by atoms with Gasteiger partial charge in [-0.05, 0) is 25.1 Å². The molecule has 1 amide bonds. The number of anilines is 2. The van der Waals surface area contributed by atoms with Gasteiger partial charge in [0.25, 0.3) is 0 Å². The van der Waals surface area contributed by atoms with Crippen LogP contribution in [0.2, 0.25) is 0 Å². The average Bonchev–Trinajstić information content (AvgIpc) is 3.04. The lowest BCUT2D eigenvalue weighted by Crippen LogP contribution is -2.54. The molecule has 2 heterocycles. The number of rotatable bonds is 4. The van der Waals surface area contributed by atoms with Crippen LogP contribution in [0.5, 0.6) is 5.75 Å². The second-order valence-corrected chi connectivity index (χ2v) is 7.34. The standard InChI is InChI=1S/C21H21F2N3O3/c1-13-12-25(4-5-26(13)18-8-15(22)7-16(23)9-18)20(27)11-24-17-3-2-14-6-21(28)29-19(14)10-17/h2-3,7-10,13,24H,4-6,11-12H2,1H3/t13-/m1/s1. The molecule has 0 saturated carbocycles. The third kappa shape index (κ3) is 4.16. The van der Waals surface area contributed by atoms with Crippen molar-refractivity contribution in [1.82, 2.24) is 4.90 Å². The fraction of sp³-hybridized carbons (Fsp3) is 0.333. The Balaban J connectivity index is 1.34. The van der Waals surface area contributed by atoms with Crippen molar-refractivity contribution in [1.29, 1.82) is 0 Å². The normalized spacial score (nSPS) is 18.4. The molecule has 0 radical (unpaired) electrons. The number of esters is 1. The summed E-state index contributed by atoms with van der Waals surface area (Å²) in [6.07, 6.45) is 0.270. The van der Waals surface area contributed by atoms with Gasteiger partial charge in [-0.3, -0.25) is 9.59 Å². The van der Waals surface area contributed by atoms with Gasteiger partial charge in [0, 0.05) is 54.7 Å². The van der Waals surface area contributed by atoms with E-state index in [-0.39, 0.29) is 30.9 Å². The van der Waals surface area contributed by atoms with Crippen LogP contribution in [0.1, 0.15) is 12.5 Å². The maximum Gasteiger partial charge on any atom is 0.315 e. The van der Waals surface area contributed by atoms with E-state index < -0.39 is 11.6 Å². The van der Waals surface area contributed by atoms with E-state index in [0.717, 1.165) is 11.6 Å². The zero-order valence-electron chi connectivity index (χ0n) is 16.0. The molecule has 152 valence electrons. The first-order valence-electron chi connectivity index (χ1n) is 9.47. The smallest absolute Gasteiger partial charge is 0.315 e. The van der Waals surface area contributed by atoms with Crippen molar-refractivity contribution in [2.24, 2.45) is 0 Å². The third-order valence-corrected chi connectivity index (χ3v) is 5.23. The van der Waals surface area contributed by atoms with Gasteiger partial charge in [0.15, 0.2) is 0 Å². The van der Waals surface area contributed by atoms with Crippen molar-refractivity contribution in [3.05, 3.63) is 53.6 Å². The van der Waals surface area contributed by atoms with Gasteiger partial charge in [-0.25, -0.2) is 8.78 Å². The van der Waals surface area contributed by atoms with Crippen molar-refractivity contribution in [2.45, 2.75) is 19.4 Å². The summed E-state index contributed by atoms with van der Waals surface area (Å²) >= 11 is 0. The lowest BCUT2D eigenvalue weighted by Gasteiger charge is -2.41. The molecule has 1 N–H and O–H groups in total. The molecule has 29 heavy (non-hydrogen) atoms. The Kier molecular flexibility index (Phi) is 5.08. The number of fused-ring (bicyclic) bond motifs is 1. The number of nitrogens with one attached hydrogen (secondary N) is 1. The van der Waals surface area contributed by atoms with Crippen molar-refractivity contribution in [3.63, 3.8) is 0 Å². The zero-order chi connectivity index (χ0) is 20.5. The number of piperazine rings is 1. The Morgan fingerprint density at radius 1 is 1.17 bits per heavy atom. The molecule has 0 spiro atoms. The Bertz CT molecular complexity index is 946. The number of benzene rings is 2. The van der Waals surface area contributed by atoms with E-state index in [1.54, 1.807) is 11.0 Å². The van der Waals surface area contributed by atoms with Crippen LogP contribution in [0, 0.1) is 11.6 Å². The molecular weight excluding hydrogens is 380 g/mol. The maximum absolute atomic E-state index is 13.5. The molecule has 2 aromatic carbocycles. The van der Waals surface area contributed by atoms with Gasteiger partial charge in [0.05, 0.1) is 13.0 Å². The van der Waals surface area contributed by atoms with Crippen molar-refractivity contribution in [3.8, 4) is 5.75 Å². The summed E-state index contributed by atoms with van der Waals surface area (Å²) in [6, 6.07) is 8.72. The largest absolute Gasteiger partial charge is 0.426 e. The van der Waals surface area contributed by atoms with Gasteiger partial charge in [-0.1, -0.05) is 6.07 Å². The molecule has 2 aromatic rings. The first-order chi connectivity index (χ1) is 13.9. The van der Waals surface area contributed by atoms with Crippen LogP contribution in [-0.4, -0.2) is 49.0 Å². The van der Waals surface area contributed by atoms with E-state index in [1.807, 2.05) is 24.0 Å². The van der Waals surface area contributed by atoms with Crippen molar-refractivity contribution < 1.29 is 23.1 Å². The second-order valence-electron chi connectivity index (χ2n) is 7.34. The van der Waals surface area contributed by atoms with Gasteiger partial charge >= 0.3 is 5.97 Å². The molecule has 1 saturated heterocycles. The summed E-state index contributed by atoms with van der Waals surface area (Å²) in [5.41, 5.74) is 2.02. The van der Waals surface area contributed by atoms with E-state index in [1.165, 1.54) is 12.1 Å². The minimum Gasteiger partial charge on any atom is -0.426 e. The monoisotopic (exact) mass is 401 g/mol. The summed E-state index contributed by atoms with van der Waals surface area (Å²) in [7, 11) is 0. The molecule has 2 aliphatic heterocycles. The lowest BCUT2D eigenvalue weighted by atomic mass is 10.1. The average molecular weight is 401 g/mol. The molecule has 0 unspecified atom stereocenters. The summed E-state index contributed by atoms with van der Waals surface area (Å²) in [6.45, 7) is 3.44. The Hall–Kier alpha value is -3.16. The number of carbonyl (C=O) groups excluding carboxylic acids is 2. The number of amides is 1. The number of nitrogens with zero attached hydrogens (tertiary/aromatic N) is 2. The summed E-state index contributed by atoms with van der Waals surface area (Å²) in [5.74, 6) is -1.06. The highest BCUT2D eigenvalue weighted by molar-refractivity contribution is 5.83. The van der Waals surface area contributed by atoms with Crippen LogP contribution >= 0.6 is 0 Å². The van der Waals surface area contributed by atoms with Crippen LogP contribution in [0.25, 0.3) is 0 Å². The second kappa shape index (κ2) is 7.69. The van der Waals surface area contributed by atoms with Gasteiger partial charge in [0.1, 0.15) is 17.4 Å². The molecule has 0 aromatic heterocycles. The van der Waals surface area contributed by atoms with E-state index >= 15 is 0 Å². The molecule has 4 rings (SSSR count). The maximum atomic E-state index is 13.5. The Morgan fingerprint density at radius 3 is 2.66 bits per heavy atom. The number of halogens is 2. The predicted molar refractivity (Wildman–Crippen MR) is 104 cm³/mol. The minimum absolute atomic E-state index is 0.0700. The predicted octanol–water partition coefficient (Wildman–Crippen LogP) is 2.58. The fourth-order valence-corrected chi connectivity index (χ4v) is 3.78. The topological polar surface area (TPSA) is 61.9 Å². The van der Waals surface area contributed by atoms with Gasteiger partial charge in [-0.15, -0.1) is 0 Å². The highest BCUT2D eigenvalue weighted by Gasteiger charge is 2.27. The van der Waals surface area contributed by atoms with Gasteiger partial charge < -0.3 is 19.9 Å². The molecule has 1 fully saturated rings. The number of ether oxygens (including phenoxy) is 1. The molecule has 2 aliphatic rings. The van der Waals surface area contributed by atoms with Crippen LogP contribution in [0.4, 0.5) is 20.2 Å². The third-order valence-electron chi connectivity index (χ3n) is 5.23. The lowest BCUT2D eigenvalue weighted by molar-refractivity contribution is -0.132. The SMILES string of the molecule is C[C@@H]1CN(C(=O)CNc2ccc3c(c2)OC(=O)C3)CCN1c1cc(F)cc(F)c1. The first kappa shape index (κ1) is 19.2. The van der Waals surface area contributed by atoms with Crippen molar-refractivity contribution in [2.75, 3.05) is 36.4 Å². The minimum atomic E-state index is -0.616. The van der Waals surface area contributed by atoms with Gasteiger partial charge in [-0.2, -0.15) is 0 Å². The highest BCUT2D eigenvalue weighted by atomic mass is 19.1. The van der Waals surface area contributed by atoms with Crippen LogP contribution < -0.4 is 15.0 Å². The summed E-state index contributed by atoms with van der Waals surface area (Å²) < 4.78 is 32.1. The summed E-state index contributed by atoms with van der Waals surface area (Å²) in [4.78, 5) is 27.6. The number of hydrogen-bond acceptors (Lipinski definition) is 5. The first-order valence-corrected chi connectivity index (χ1v) is 9.47. The van der Waals surface area contributed by atoms with Crippen LogP contribution in [0.3, 0.4) is 0 Å².